The molecule has 0 atom stereocenters. The monoisotopic (exact) mass is 232 g/mol. The molecule has 0 saturated heterocycles. The fourth-order valence-electron chi connectivity index (χ4n) is 1.03. The summed E-state index contributed by atoms with van der Waals surface area (Å²) >= 11 is -1.56. The van der Waals surface area contributed by atoms with Gasteiger partial charge in [-0.05, 0) is 19.1 Å². The average molecular weight is 232 g/mol. The van der Waals surface area contributed by atoms with E-state index in [1.165, 1.54) is 6.42 Å². The van der Waals surface area contributed by atoms with Crippen molar-refractivity contribution in [2.45, 2.75) is 25.7 Å². The molecule has 0 amide bonds. The third-order valence-electron chi connectivity index (χ3n) is 1.63. The van der Waals surface area contributed by atoms with Crippen LogP contribution in [0.4, 0.5) is 7.16 Å². The van der Waals surface area contributed by atoms with Crippen LogP contribution < -0.4 is 0 Å². The molecule has 0 saturated carbocycles. The summed E-state index contributed by atoms with van der Waals surface area (Å²) in [5.74, 6) is 0. The van der Waals surface area contributed by atoms with E-state index in [-0.39, 0.29) is 0 Å². The molecule has 0 spiro atoms. The molecule has 76 valence electrons. The molecule has 0 aromatic rings. The minimum absolute atomic E-state index is 0.802. The maximum atomic E-state index is 10.2. The molecule has 0 aromatic carbocycles. The molecular formula is C9H11CoF2O. The summed E-state index contributed by atoms with van der Waals surface area (Å²) in [5, 5.41) is 0. The van der Waals surface area contributed by atoms with Crippen LogP contribution >= 0.6 is 0 Å². The molecule has 0 bridgehead atoms. The molecule has 13 heavy (non-hydrogen) atoms. The third-order valence-corrected chi connectivity index (χ3v) is 1.63. The first-order valence-corrected chi connectivity index (χ1v) is 4.71. The van der Waals surface area contributed by atoms with E-state index in [1.807, 2.05) is 18.4 Å². The zero-order valence-electron chi connectivity index (χ0n) is 7.06. The molecule has 1 nitrogen and oxygen atoms in total. The zero-order valence-corrected chi connectivity index (χ0v) is 8.10. The number of hydrogen-bond donors (Lipinski definition) is 0. The van der Waals surface area contributed by atoms with Gasteiger partial charge >= 0.3 is 22.8 Å². The predicted octanol–water partition coefficient (Wildman–Crippen LogP) is 2.99. The van der Waals surface area contributed by atoms with Crippen molar-refractivity contribution in [1.82, 2.24) is 0 Å². The fraction of sp³-hybridized carbons (Fsp3) is 0.444. The summed E-state index contributed by atoms with van der Waals surface area (Å²) in [6.07, 6.45) is 12.2. The van der Waals surface area contributed by atoms with Crippen molar-refractivity contribution >= 4 is 6.29 Å². The van der Waals surface area contributed by atoms with Gasteiger partial charge in [0.25, 0.3) is 0 Å². The van der Waals surface area contributed by atoms with Crippen molar-refractivity contribution in [2.24, 2.45) is 0 Å². The van der Waals surface area contributed by atoms with Crippen molar-refractivity contribution < 1.29 is 27.5 Å². The second-order valence-corrected chi connectivity index (χ2v) is 2.66. The van der Waals surface area contributed by atoms with Gasteiger partial charge in [-0.25, -0.2) is 6.08 Å². The zero-order chi connectivity index (χ0) is 9.94. The fourth-order valence-corrected chi connectivity index (χ4v) is 1.03. The van der Waals surface area contributed by atoms with Crippen LogP contribution in [0.25, 0.3) is 0 Å². The molecule has 0 radical (unpaired) electrons. The number of halogens is 2. The first-order valence-electron chi connectivity index (χ1n) is 3.92. The van der Waals surface area contributed by atoms with Crippen LogP contribution in [0.15, 0.2) is 23.8 Å². The second kappa shape index (κ2) is 9.60. The van der Waals surface area contributed by atoms with Gasteiger partial charge in [-0.3, -0.25) is 0 Å². The number of rotatable bonds is 1. The van der Waals surface area contributed by atoms with Crippen LogP contribution in [-0.4, -0.2) is 6.29 Å². The van der Waals surface area contributed by atoms with Gasteiger partial charge in [0.2, 0.25) is 0 Å². The molecule has 0 fully saturated rings. The van der Waals surface area contributed by atoms with Crippen LogP contribution in [0.3, 0.4) is 0 Å². The summed E-state index contributed by atoms with van der Waals surface area (Å²) in [5.41, 5.74) is 0.802. The Hall–Kier alpha value is -0.484. The molecule has 1 aliphatic rings. The van der Waals surface area contributed by atoms with Gasteiger partial charge in [-0.1, -0.05) is 12.8 Å². The van der Waals surface area contributed by atoms with Gasteiger partial charge in [-0.15, -0.1) is 12.2 Å². The predicted molar refractivity (Wildman–Crippen MR) is 43.6 cm³/mol. The summed E-state index contributed by atoms with van der Waals surface area (Å²) in [6.45, 7) is 0. The van der Waals surface area contributed by atoms with Crippen molar-refractivity contribution in [3.05, 3.63) is 23.8 Å². The van der Waals surface area contributed by atoms with E-state index >= 15 is 0 Å². The first kappa shape index (κ1) is 12.5. The molecular weight excluding hydrogens is 221 g/mol. The van der Waals surface area contributed by atoms with Crippen molar-refractivity contribution in [3.63, 3.8) is 0 Å². The summed E-state index contributed by atoms with van der Waals surface area (Å²) in [4.78, 5) is 10.2. The van der Waals surface area contributed by atoms with Crippen molar-refractivity contribution in [2.75, 3.05) is 0 Å². The van der Waals surface area contributed by atoms with Crippen LogP contribution in [0.1, 0.15) is 25.7 Å². The number of hydrogen-bond acceptors (Lipinski definition) is 1. The SMILES string of the molecule is O=[C-]C1=CC=CCCCC1.[F][Co+][F]. The van der Waals surface area contributed by atoms with Crippen LogP contribution in [0.5, 0.6) is 0 Å². The summed E-state index contributed by atoms with van der Waals surface area (Å²) < 4.78 is 19.2. The molecule has 0 aliphatic heterocycles. The Bertz CT molecular complexity index is 190. The van der Waals surface area contributed by atoms with Gasteiger partial charge in [0.15, 0.2) is 0 Å². The molecule has 0 aromatic heterocycles. The summed E-state index contributed by atoms with van der Waals surface area (Å²) in [7, 11) is 0. The molecule has 0 heterocycles. The standard InChI is InChI=1S/C9H11O.Co.2FH/c10-8-9-6-4-2-1-3-5-7-9;;;/h2,4,6H,1,3,5,7H2;;2*1H/q-1;+3;;/p-2. The van der Waals surface area contributed by atoms with E-state index in [2.05, 4.69) is 6.08 Å². The van der Waals surface area contributed by atoms with E-state index in [4.69, 9.17) is 0 Å². The minimum atomic E-state index is -1.56. The van der Waals surface area contributed by atoms with Gasteiger partial charge in [-0.2, -0.15) is 5.57 Å². The van der Waals surface area contributed by atoms with E-state index in [9.17, 15) is 12.0 Å². The normalized spacial score (nSPS) is 16.3. The van der Waals surface area contributed by atoms with Gasteiger partial charge in [0.1, 0.15) is 0 Å². The first-order chi connectivity index (χ1) is 6.35. The Morgan fingerprint density at radius 2 is 2.08 bits per heavy atom. The Morgan fingerprint density at radius 3 is 2.69 bits per heavy atom. The number of allylic oxidation sites excluding steroid dienone is 4. The molecule has 4 heteroatoms. The number of carbonyl (C=O) groups excluding carboxylic acids is 1. The Kier molecular flexibility index (Phi) is 9.25. The van der Waals surface area contributed by atoms with Crippen molar-refractivity contribution in [3.8, 4) is 0 Å². The van der Waals surface area contributed by atoms with Gasteiger partial charge in [0, 0.05) is 0 Å². The quantitative estimate of drug-likeness (QED) is 0.635. The molecule has 1 aliphatic carbocycles. The third kappa shape index (κ3) is 7.86. The van der Waals surface area contributed by atoms with Gasteiger partial charge in [0.05, 0.1) is 0 Å². The van der Waals surface area contributed by atoms with E-state index < -0.39 is 15.6 Å². The van der Waals surface area contributed by atoms with Gasteiger partial charge < -0.3 is 4.79 Å². The van der Waals surface area contributed by atoms with Crippen molar-refractivity contribution in [1.29, 1.82) is 0 Å². The molecule has 0 N–H and O–H groups in total. The molecule has 1 rings (SSSR count). The van der Waals surface area contributed by atoms with E-state index in [0.717, 1.165) is 24.8 Å². The molecule has 0 unspecified atom stereocenters. The van der Waals surface area contributed by atoms with E-state index in [0.29, 0.717) is 0 Å². The van der Waals surface area contributed by atoms with Crippen LogP contribution in [0.2, 0.25) is 0 Å². The Balaban J connectivity index is 0.000000424. The summed E-state index contributed by atoms with van der Waals surface area (Å²) in [6, 6.07) is 0. The maximum absolute atomic E-state index is 10.2. The Morgan fingerprint density at radius 1 is 1.38 bits per heavy atom. The van der Waals surface area contributed by atoms with Crippen LogP contribution in [-0.2, 0) is 20.4 Å². The topological polar surface area (TPSA) is 17.1 Å². The van der Waals surface area contributed by atoms with Crippen LogP contribution in [0, 0.1) is 0 Å². The average Bonchev–Trinajstić information content (AvgIpc) is 2.05. The van der Waals surface area contributed by atoms with E-state index in [1.54, 1.807) is 0 Å². The Labute approximate surface area is 83.8 Å². The second-order valence-electron chi connectivity index (χ2n) is 2.52.